The van der Waals surface area contributed by atoms with Gasteiger partial charge < -0.3 is 19.3 Å². The summed E-state index contributed by atoms with van der Waals surface area (Å²) in [5.41, 5.74) is 0.523. The molecule has 1 atom stereocenters. The van der Waals surface area contributed by atoms with Crippen molar-refractivity contribution < 1.29 is 18.8 Å². The summed E-state index contributed by atoms with van der Waals surface area (Å²) in [4.78, 5) is 0. The summed E-state index contributed by atoms with van der Waals surface area (Å²) in [6, 6.07) is 5.83. The third kappa shape index (κ3) is 3.15. The molecule has 1 rings (SSSR count). The maximum absolute atomic E-state index is 10.2. The molecule has 70 valence electrons. The third-order valence-corrected chi connectivity index (χ3v) is 1.79. The summed E-state index contributed by atoms with van der Waals surface area (Å²) >= 11 is -2.40. The lowest BCUT2D eigenvalue weighted by molar-refractivity contribution is 0.426. The Morgan fingerprint density at radius 3 is 2.69 bits per heavy atom. The number of nitrogens with one attached hydrogen (secondary N) is 1. The van der Waals surface area contributed by atoms with Crippen molar-refractivity contribution in [3.63, 3.8) is 0 Å². The van der Waals surface area contributed by atoms with Crippen LogP contribution in [0, 0.1) is 0 Å². The van der Waals surface area contributed by atoms with E-state index in [1.807, 2.05) is 0 Å². The average Bonchev–Trinajstić information content (AvgIpc) is 2.03. The van der Waals surface area contributed by atoms with Crippen molar-refractivity contribution in [2.75, 3.05) is 4.72 Å². The molecule has 0 saturated heterocycles. The number of hydrogen-bond acceptors (Lipinski definition) is 4. The summed E-state index contributed by atoms with van der Waals surface area (Å²) in [6.45, 7) is 0. The second-order valence-corrected chi connectivity index (χ2v) is 3.01. The smallest absolute Gasteiger partial charge is 0.488 e. The highest BCUT2D eigenvalue weighted by molar-refractivity contribution is 7.80. The van der Waals surface area contributed by atoms with Gasteiger partial charge in [-0.05, 0) is 17.6 Å². The molecule has 0 fully saturated rings. The van der Waals surface area contributed by atoms with Crippen molar-refractivity contribution in [2.45, 2.75) is 0 Å². The Morgan fingerprint density at radius 2 is 2.15 bits per heavy atom. The number of rotatable bonds is 3. The monoisotopic (exact) mass is 200 g/mol. The van der Waals surface area contributed by atoms with Gasteiger partial charge in [0.15, 0.2) is 0 Å². The highest BCUT2D eigenvalue weighted by Gasteiger charge is 2.10. The molecule has 0 bridgehead atoms. The largest absolute Gasteiger partial charge is 0.755 e. The molecule has 5 nitrogen and oxygen atoms in total. The molecule has 0 aliphatic rings. The van der Waals surface area contributed by atoms with Gasteiger partial charge in [0.1, 0.15) is 0 Å². The van der Waals surface area contributed by atoms with Crippen molar-refractivity contribution in [2.24, 2.45) is 0 Å². The van der Waals surface area contributed by atoms with Crippen LogP contribution in [0.15, 0.2) is 24.3 Å². The molecular formula is C6H7BNO4S-. The van der Waals surface area contributed by atoms with Crippen molar-refractivity contribution >= 4 is 29.5 Å². The van der Waals surface area contributed by atoms with Gasteiger partial charge in [-0.2, -0.15) is 0 Å². The van der Waals surface area contributed by atoms with E-state index in [1.54, 1.807) is 0 Å². The lowest BCUT2D eigenvalue weighted by Crippen LogP contribution is -2.29. The molecule has 0 radical (unpaired) electrons. The molecule has 7 heteroatoms. The van der Waals surface area contributed by atoms with Crippen LogP contribution in [0.1, 0.15) is 0 Å². The van der Waals surface area contributed by atoms with Gasteiger partial charge in [0.2, 0.25) is 0 Å². The number of hydrogen-bond donors (Lipinski definition) is 3. The first-order valence-electron chi connectivity index (χ1n) is 3.41. The number of anilines is 1. The standard InChI is InChI=1S/C6H8BNO4S/c9-7(10)5-2-1-3-6(4-5)8-13(11)12/h1-4,8-10H,(H,11,12)/p-1. The Bertz CT molecular complexity index is 319. The van der Waals surface area contributed by atoms with Crippen LogP contribution < -0.4 is 10.2 Å². The van der Waals surface area contributed by atoms with E-state index in [9.17, 15) is 8.76 Å². The van der Waals surface area contributed by atoms with Gasteiger partial charge in [-0.1, -0.05) is 12.1 Å². The van der Waals surface area contributed by atoms with Crippen LogP contribution >= 0.6 is 0 Å². The Labute approximate surface area is 78.0 Å². The van der Waals surface area contributed by atoms with E-state index in [1.165, 1.54) is 24.3 Å². The fourth-order valence-electron chi connectivity index (χ4n) is 0.859. The van der Waals surface area contributed by atoms with Gasteiger partial charge in [0.05, 0.1) is 0 Å². The minimum atomic E-state index is -2.40. The SMILES string of the molecule is O=S([O-])Nc1cccc(B(O)O)c1. The van der Waals surface area contributed by atoms with Crippen molar-refractivity contribution in [1.82, 2.24) is 0 Å². The zero-order valence-corrected chi connectivity index (χ0v) is 7.32. The molecule has 0 aliphatic carbocycles. The van der Waals surface area contributed by atoms with Crippen LogP contribution in [0.5, 0.6) is 0 Å². The van der Waals surface area contributed by atoms with Crippen molar-refractivity contribution in [3.05, 3.63) is 24.3 Å². The molecule has 0 amide bonds. The van der Waals surface area contributed by atoms with Crippen LogP contribution in [0.3, 0.4) is 0 Å². The summed E-state index contributed by atoms with van der Waals surface area (Å²) in [5, 5.41) is 17.5. The quantitative estimate of drug-likeness (QED) is 0.412. The molecule has 0 saturated carbocycles. The maximum Gasteiger partial charge on any atom is 0.488 e. The van der Waals surface area contributed by atoms with E-state index in [2.05, 4.69) is 4.72 Å². The van der Waals surface area contributed by atoms with E-state index in [4.69, 9.17) is 10.0 Å². The first-order chi connectivity index (χ1) is 6.09. The van der Waals surface area contributed by atoms with Gasteiger partial charge in [-0.15, -0.1) is 0 Å². The molecular weight excluding hydrogens is 193 g/mol. The second-order valence-electron chi connectivity index (χ2n) is 2.34. The van der Waals surface area contributed by atoms with E-state index in [0.29, 0.717) is 5.69 Å². The molecule has 3 N–H and O–H groups in total. The van der Waals surface area contributed by atoms with Crippen molar-refractivity contribution in [3.8, 4) is 0 Å². The molecule has 0 heterocycles. The Balaban J connectivity index is 2.85. The van der Waals surface area contributed by atoms with E-state index in [-0.39, 0.29) is 5.46 Å². The van der Waals surface area contributed by atoms with Gasteiger partial charge >= 0.3 is 7.12 Å². The topological polar surface area (TPSA) is 92.6 Å². The van der Waals surface area contributed by atoms with E-state index in [0.717, 1.165) is 0 Å². The minimum Gasteiger partial charge on any atom is -0.755 e. The van der Waals surface area contributed by atoms with Crippen LogP contribution in [-0.4, -0.2) is 25.9 Å². The van der Waals surface area contributed by atoms with Gasteiger partial charge in [0.25, 0.3) is 0 Å². The molecule has 1 unspecified atom stereocenters. The molecule has 13 heavy (non-hydrogen) atoms. The Hall–Kier alpha value is -0.885. The van der Waals surface area contributed by atoms with Gasteiger partial charge in [-0.25, -0.2) is 0 Å². The van der Waals surface area contributed by atoms with Crippen LogP contribution in [0.4, 0.5) is 5.69 Å². The van der Waals surface area contributed by atoms with Gasteiger partial charge in [0, 0.05) is 17.0 Å². The summed E-state index contributed by atoms with van der Waals surface area (Å²) in [5.74, 6) is 0. The van der Waals surface area contributed by atoms with Crippen LogP contribution in [0.25, 0.3) is 0 Å². The Morgan fingerprint density at radius 1 is 1.46 bits per heavy atom. The molecule has 0 aromatic heterocycles. The van der Waals surface area contributed by atoms with E-state index < -0.39 is 18.4 Å². The first-order valence-corrected chi connectivity index (χ1v) is 4.49. The fourth-order valence-corrected chi connectivity index (χ4v) is 1.18. The Kier molecular flexibility index (Phi) is 3.43. The van der Waals surface area contributed by atoms with Gasteiger partial charge in [-0.3, -0.25) is 4.21 Å². The minimum absolute atomic E-state index is 0.232. The predicted octanol–water partition coefficient (Wildman–Crippen LogP) is -1.43. The second kappa shape index (κ2) is 4.38. The number of benzene rings is 1. The normalized spacial score (nSPS) is 12.2. The van der Waals surface area contributed by atoms with Crippen molar-refractivity contribution in [1.29, 1.82) is 0 Å². The zero-order valence-electron chi connectivity index (χ0n) is 6.51. The highest BCUT2D eigenvalue weighted by atomic mass is 32.2. The van der Waals surface area contributed by atoms with Crippen LogP contribution in [0.2, 0.25) is 0 Å². The molecule has 1 aromatic carbocycles. The molecule has 0 spiro atoms. The lowest BCUT2D eigenvalue weighted by Gasteiger charge is -2.09. The fraction of sp³-hybridized carbons (Fsp3) is 0. The third-order valence-electron chi connectivity index (χ3n) is 1.39. The molecule has 1 aromatic rings. The highest BCUT2D eigenvalue weighted by Crippen LogP contribution is 2.03. The summed E-state index contributed by atoms with van der Waals surface area (Å²) in [6.07, 6.45) is 0. The zero-order chi connectivity index (χ0) is 9.84. The molecule has 0 aliphatic heterocycles. The average molecular weight is 200 g/mol. The maximum atomic E-state index is 10.2. The summed E-state index contributed by atoms with van der Waals surface area (Å²) < 4.78 is 22.5. The summed E-state index contributed by atoms with van der Waals surface area (Å²) in [7, 11) is -1.60. The van der Waals surface area contributed by atoms with Crippen LogP contribution in [-0.2, 0) is 11.3 Å². The predicted molar refractivity (Wildman–Crippen MR) is 48.8 cm³/mol. The first kappa shape index (κ1) is 10.2. The van der Waals surface area contributed by atoms with E-state index >= 15 is 0 Å². The lowest BCUT2D eigenvalue weighted by atomic mass is 9.80.